The maximum absolute atomic E-state index is 11.2. The summed E-state index contributed by atoms with van der Waals surface area (Å²) in [7, 11) is 4.12. The van der Waals surface area contributed by atoms with Crippen LogP contribution in [0.2, 0.25) is 0 Å². The molecule has 6 heteroatoms. The van der Waals surface area contributed by atoms with Gasteiger partial charge >= 0.3 is 0 Å². The van der Waals surface area contributed by atoms with Gasteiger partial charge in [0.15, 0.2) is 0 Å². The van der Waals surface area contributed by atoms with Crippen molar-refractivity contribution in [1.82, 2.24) is 15.1 Å². The molecular formula is C10H17BrN4O. The quantitative estimate of drug-likeness (QED) is 0.775. The molecule has 2 N–H and O–H groups in total. The van der Waals surface area contributed by atoms with Crippen molar-refractivity contribution in [2.75, 3.05) is 32.5 Å². The summed E-state index contributed by atoms with van der Waals surface area (Å²) < 4.78 is 0.509. The molecule has 0 bridgehead atoms. The zero-order valence-electron chi connectivity index (χ0n) is 9.59. The van der Waals surface area contributed by atoms with E-state index in [1.54, 1.807) is 6.20 Å². The average molecular weight is 289 g/mol. The summed E-state index contributed by atoms with van der Waals surface area (Å²) in [5.74, 6) is 0. The van der Waals surface area contributed by atoms with E-state index in [1.807, 2.05) is 0 Å². The first kappa shape index (κ1) is 13.2. The SMILES string of the molecule is CN(C)CCCCNc1cn[nH]c(=O)c1Br. The highest BCUT2D eigenvalue weighted by molar-refractivity contribution is 9.10. The number of rotatable bonds is 6. The van der Waals surface area contributed by atoms with E-state index in [4.69, 9.17) is 0 Å². The second kappa shape index (κ2) is 6.65. The van der Waals surface area contributed by atoms with Crippen LogP contribution in [0, 0.1) is 0 Å². The third-order valence-corrected chi connectivity index (χ3v) is 2.93. The Labute approximate surface area is 103 Å². The minimum atomic E-state index is -0.210. The number of halogens is 1. The highest BCUT2D eigenvalue weighted by Gasteiger charge is 2.02. The van der Waals surface area contributed by atoms with E-state index in [-0.39, 0.29) is 5.56 Å². The van der Waals surface area contributed by atoms with E-state index < -0.39 is 0 Å². The normalized spacial score (nSPS) is 10.8. The Kier molecular flexibility index (Phi) is 5.48. The Morgan fingerprint density at radius 1 is 1.50 bits per heavy atom. The lowest BCUT2D eigenvalue weighted by atomic mass is 10.3. The summed E-state index contributed by atoms with van der Waals surface area (Å²) in [4.78, 5) is 13.4. The molecule has 0 aliphatic carbocycles. The Bertz CT molecular complexity index is 377. The number of aromatic nitrogens is 2. The summed E-state index contributed by atoms with van der Waals surface area (Å²) in [5.41, 5.74) is 0.534. The maximum Gasteiger partial charge on any atom is 0.280 e. The van der Waals surface area contributed by atoms with Gasteiger partial charge in [0, 0.05) is 6.54 Å². The maximum atomic E-state index is 11.2. The van der Waals surface area contributed by atoms with Gasteiger partial charge in [0.2, 0.25) is 0 Å². The number of unbranched alkanes of at least 4 members (excludes halogenated alkanes) is 1. The van der Waals surface area contributed by atoms with Gasteiger partial charge in [0.1, 0.15) is 4.47 Å². The number of nitrogens with zero attached hydrogens (tertiary/aromatic N) is 2. The molecule has 1 heterocycles. The van der Waals surface area contributed by atoms with Crippen molar-refractivity contribution in [3.05, 3.63) is 21.0 Å². The number of H-pyrrole nitrogens is 1. The van der Waals surface area contributed by atoms with Gasteiger partial charge in [-0.15, -0.1) is 0 Å². The van der Waals surface area contributed by atoms with Crippen LogP contribution < -0.4 is 10.9 Å². The second-order valence-electron chi connectivity index (χ2n) is 3.86. The van der Waals surface area contributed by atoms with Crippen LogP contribution in [0.15, 0.2) is 15.5 Å². The molecule has 90 valence electrons. The summed E-state index contributed by atoms with van der Waals surface area (Å²) in [5, 5.41) is 9.27. The summed E-state index contributed by atoms with van der Waals surface area (Å²) in [6, 6.07) is 0. The van der Waals surface area contributed by atoms with Gasteiger partial charge in [0.25, 0.3) is 5.56 Å². The molecule has 0 atom stereocenters. The highest BCUT2D eigenvalue weighted by Crippen LogP contribution is 2.14. The minimum Gasteiger partial charge on any atom is -0.383 e. The van der Waals surface area contributed by atoms with Crippen molar-refractivity contribution in [3.8, 4) is 0 Å². The summed E-state index contributed by atoms with van der Waals surface area (Å²) >= 11 is 3.22. The largest absolute Gasteiger partial charge is 0.383 e. The van der Waals surface area contributed by atoms with Crippen LogP contribution in [0.25, 0.3) is 0 Å². The van der Waals surface area contributed by atoms with E-state index in [0.29, 0.717) is 4.47 Å². The van der Waals surface area contributed by atoms with Gasteiger partial charge in [-0.2, -0.15) is 5.10 Å². The summed E-state index contributed by atoms with van der Waals surface area (Å²) in [6.45, 7) is 1.92. The Hall–Kier alpha value is -0.880. The molecule has 0 unspecified atom stereocenters. The predicted octanol–water partition coefficient (Wildman–Crippen LogP) is 1.29. The van der Waals surface area contributed by atoms with E-state index in [2.05, 4.69) is 50.4 Å². The molecule has 1 aromatic rings. The number of aromatic amines is 1. The van der Waals surface area contributed by atoms with Crippen LogP contribution >= 0.6 is 15.9 Å². The zero-order valence-corrected chi connectivity index (χ0v) is 11.2. The van der Waals surface area contributed by atoms with Crippen molar-refractivity contribution in [1.29, 1.82) is 0 Å². The molecule has 0 radical (unpaired) electrons. The number of anilines is 1. The highest BCUT2D eigenvalue weighted by atomic mass is 79.9. The lowest BCUT2D eigenvalue weighted by Gasteiger charge is -2.10. The Balaban J connectivity index is 2.32. The first-order chi connectivity index (χ1) is 7.61. The molecule has 1 rings (SSSR count). The van der Waals surface area contributed by atoms with Crippen molar-refractivity contribution in [2.24, 2.45) is 0 Å². The number of hydrogen-bond donors (Lipinski definition) is 2. The molecule has 16 heavy (non-hydrogen) atoms. The lowest BCUT2D eigenvalue weighted by molar-refractivity contribution is 0.396. The predicted molar refractivity (Wildman–Crippen MR) is 68.8 cm³/mol. The third kappa shape index (κ3) is 4.32. The van der Waals surface area contributed by atoms with Crippen molar-refractivity contribution in [3.63, 3.8) is 0 Å². The molecular weight excluding hydrogens is 272 g/mol. The fourth-order valence-electron chi connectivity index (χ4n) is 1.28. The van der Waals surface area contributed by atoms with Gasteiger partial charge in [-0.1, -0.05) is 0 Å². The first-order valence-corrected chi connectivity index (χ1v) is 6.02. The fourth-order valence-corrected chi connectivity index (χ4v) is 1.61. The van der Waals surface area contributed by atoms with Crippen LogP contribution in [0.5, 0.6) is 0 Å². The Morgan fingerprint density at radius 3 is 2.94 bits per heavy atom. The topological polar surface area (TPSA) is 61.0 Å². The van der Waals surface area contributed by atoms with E-state index in [0.717, 1.165) is 31.6 Å². The molecule has 0 aromatic carbocycles. The molecule has 0 saturated heterocycles. The molecule has 0 fully saturated rings. The monoisotopic (exact) mass is 288 g/mol. The standard InChI is InChI=1S/C10H17BrN4O/c1-15(2)6-4-3-5-12-8-7-13-14-10(16)9(8)11/h7H,3-6H2,1-2H3,(H2,12,14,16). The number of nitrogens with one attached hydrogen (secondary N) is 2. The molecule has 0 amide bonds. The number of hydrogen-bond acceptors (Lipinski definition) is 4. The molecule has 0 aliphatic heterocycles. The molecule has 0 saturated carbocycles. The lowest BCUT2D eigenvalue weighted by Crippen LogP contribution is -2.15. The Morgan fingerprint density at radius 2 is 2.25 bits per heavy atom. The first-order valence-electron chi connectivity index (χ1n) is 5.23. The van der Waals surface area contributed by atoms with Crippen molar-refractivity contribution in [2.45, 2.75) is 12.8 Å². The van der Waals surface area contributed by atoms with E-state index in [1.165, 1.54) is 0 Å². The van der Waals surface area contributed by atoms with Gasteiger partial charge in [-0.3, -0.25) is 4.79 Å². The molecule has 0 spiro atoms. The van der Waals surface area contributed by atoms with Crippen molar-refractivity contribution < 1.29 is 0 Å². The van der Waals surface area contributed by atoms with Crippen LogP contribution in [-0.4, -0.2) is 42.3 Å². The van der Waals surface area contributed by atoms with Crippen LogP contribution in [0.3, 0.4) is 0 Å². The van der Waals surface area contributed by atoms with E-state index in [9.17, 15) is 4.79 Å². The van der Waals surface area contributed by atoms with Gasteiger partial charge in [0.05, 0.1) is 11.9 Å². The van der Waals surface area contributed by atoms with Crippen molar-refractivity contribution >= 4 is 21.6 Å². The van der Waals surface area contributed by atoms with E-state index >= 15 is 0 Å². The molecule has 1 aromatic heterocycles. The molecule has 5 nitrogen and oxygen atoms in total. The van der Waals surface area contributed by atoms with Crippen LogP contribution in [0.1, 0.15) is 12.8 Å². The zero-order chi connectivity index (χ0) is 12.0. The van der Waals surface area contributed by atoms with Gasteiger partial charge in [-0.05, 0) is 49.4 Å². The van der Waals surface area contributed by atoms with Crippen LogP contribution in [-0.2, 0) is 0 Å². The smallest absolute Gasteiger partial charge is 0.280 e. The minimum absolute atomic E-state index is 0.210. The third-order valence-electron chi connectivity index (χ3n) is 2.14. The molecule has 0 aliphatic rings. The van der Waals surface area contributed by atoms with Gasteiger partial charge in [-0.25, -0.2) is 5.10 Å². The van der Waals surface area contributed by atoms with Crippen LogP contribution in [0.4, 0.5) is 5.69 Å². The van der Waals surface area contributed by atoms with Gasteiger partial charge < -0.3 is 10.2 Å². The summed E-state index contributed by atoms with van der Waals surface area (Å²) in [6.07, 6.45) is 3.81. The average Bonchev–Trinajstić information content (AvgIpc) is 2.23. The second-order valence-corrected chi connectivity index (χ2v) is 4.66. The fraction of sp³-hybridized carbons (Fsp3) is 0.600.